The third-order valence-electron chi connectivity index (χ3n) is 6.36. The van der Waals surface area contributed by atoms with Gasteiger partial charge >= 0.3 is 0 Å². The van der Waals surface area contributed by atoms with E-state index in [0.717, 1.165) is 10.1 Å². The number of fused-ring (bicyclic) bond motifs is 2. The summed E-state index contributed by atoms with van der Waals surface area (Å²) in [5.41, 5.74) is 1.40. The van der Waals surface area contributed by atoms with Crippen LogP contribution in [0.1, 0.15) is 11.1 Å². The van der Waals surface area contributed by atoms with Crippen molar-refractivity contribution in [3.8, 4) is 23.1 Å². The minimum absolute atomic E-state index is 0.0736. The van der Waals surface area contributed by atoms with E-state index < -0.39 is 11.4 Å². The molecule has 2 aromatic heterocycles. The molecule has 0 saturated carbocycles. The quantitative estimate of drug-likeness (QED) is 0.179. The molecular weight excluding hydrogens is 568 g/mol. The molecule has 0 fully saturated rings. The van der Waals surface area contributed by atoms with Crippen molar-refractivity contribution in [1.29, 1.82) is 0 Å². The maximum atomic E-state index is 14.3. The lowest BCUT2D eigenvalue weighted by atomic mass is 10.2. The van der Waals surface area contributed by atoms with Gasteiger partial charge < -0.3 is 13.9 Å². The van der Waals surface area contributed by atoms with E-state index >= 15 is 0 Å². The van der Waals surface area contributed by atoms with Crippen LogP contribution >= 0.6 is 23.2 Å². The van der Waals surface area contributed by atoms with Crippen LogP contribution in [0.5, 0.6) is 11.5 Å². The Bertz CT molecular complexity index is 2020. The Morgan fingerprint density at radius 3 is 2.63 bits per heavy atom. The molecule has 0 amide bonds. The number of rotatable bonds is 7. The van der Waals surface area contributed by atoms with Crippen LogP contribution in [0.25, 0.3) is 33.5 Å². The van der Waals surface area contributed by atoms with Gasteiger partial charge in [0.05, 0.1) is 24.2 Å². The van der Waals surface area contributed by atoms with Gasteiger partial charge in [-0.15, -0.1) is 0 Å². The van der Waals surface area contributed by atoms with Crippen molar-refractivity contribution in [2.75, 3.05) is 7.11 Å². The summed E-state index contributed by atoms with van der Waals surface area (Å²) in [5, 5.41) is 6.51. The lowest BCUT2D eigenvalue weighted by Crippen LogP contribution is -2.20. The minimum Gasteiger partial charge on any atom is -0.493 e. The summed E-state index contributed by atoms with van der Waals surface area (Å²) in [6, 6.07) is 23.4. The molecule has 41 heavy (non-hydrogen) atoms. The maximum Gasteiger partial charge on any atom is 0.282 e. The van der Waals surface area contributed by atoms with E-state index in [1.54, 1.807) is 78.9 Å². The number of hydrogen-bond acceptors (Lipinski definition) is 6. The first-order valence-corrected chi connectivity index (χ1v) is 13.2. The number of ether oxygens (including phenoxy) is 2. The van der Waals surface area contributed by atoms with Crippen LogP contribution in [0.15, 0.2) is 99.2 Å². The zero-order chi connectivity index (χ0) is 28.5. The summed E-state index contributed by atoms with van der Waals surface area (Å²) < 4.78 is 32.9. The van der Waals surface area contributed by atoms with Crippen molar-refractivity contribution < 1.29 is 18.3 Å². The monoisotopic (exact) mass is 587 g/mol. The van der Waals surface area contributed by atoms with Gasteiger partial charge in [-0.3, -0.25) is 4.79 Å². The molecule has 0 aliphatic heterocycles. The Morgan fingerprint density at radius 2 is 1.80 bits per heavy atom. The normalized spacial score (nSPS) is 11.5. The van der Waals surface area contributed by atoms with Crippen molar-refractivity contribution >= 4 is 51.3 Å². The molecule has 10 heteroatoms. The summed E-state index contributed by atoms with van der Waals surface area (Å²) >= 11 is 12.5. The Kier molecular flexibility index (Phi) is 7.17. The molecule has 0 aliphatic carbocycles. The maximum absolute atomic E-state index is 14.3. The minimum atomic E-state index is -0.414. The molecule has 0 N–H and O–H groups in total. The third kappa shape index (κ3) is 5.27. The Balaban J connectivity index is 1.48. The predicted octanol–water partition coefficient (Wildman–Crippen LogP) is 7.73. The first-order valence-electron chi connectivity index (χ1n) is 12.4. The van der Waals surface area contributed by atoms with Gasteiger partial charge in [0.1, 0.15) is 18.0 Å². The Morgan fingerprint density at radius 1 is 1.00 bits per heavy atom. The zero-order valence-corrected chi connectivity index (χ0v) is 23.0. The summed E-state index contributed by atoms with van der Waals surface area (Å²) in [6.07, 6.45) is 1.41. The highest BCUT2D eigenvalue weighted by molar-refractivity contribution is 6.31. The lowest BCUT2D eigenvalue weighted by molar-refractivity contribution is 0.279. The van der Waals surface area contributed by atoms with Crippen molar-refractivity contribution in [2.24, 2.45) is 5.10 Å². The van der Waals surface area contributed by atoms with Gasteiger partial charge in [0.25, 0.3) is 5.56 Å². The number of benzene rings is 4. The molecule has 0 radical (unpaired) electrons. The largest absolute Gasteiger partial charge is 0.493 e. The number of methoxy groups -OCH3 is 1. The highest BCUT2D eigenvalue weighted by atomic mass is 35.5. The van der Waals surface area contributed by atoms with Gasteiger partial charge in [0.2, 0.25) is 5.82 Å². The summed E-state index contributed by atoms with van der Waals surface area (Å²) in [6.45, 7) is -0.0736. The number of para-hydroxylation sites is 1. The number of nitrogens with zero attached hydrogens (tertiary/aromatic N) is 3. The van der Waals surface area contributed by atoms with Crippen LogP contribution in [-0.2, 0) is 6.61 Å². The van der Waals surface area contributed by atoms with Crippen LogP contribution in [-0.4, -0.2) is 23.0 Å². The van der Waals surface area contributed by atoms with Crippen molar-refractivity contribution in [3.63, 3.8) is 0 Å². The van der Waals surface area contributed by atoms with E-state index in [1.165, 1.54) is 19.4 Å². The second-order valence-corrected chi connectivity index (χ2v) is 9.89. The van der Waals surface area contributed by atoms with E-state index in [2.05, 4.69) is 5.10 Å². The van der Waals surface area contributed by atoms with Gasteiger partial charge in [-0.05, 0) is 48.5 Å². The smallest absolute Gasteiger partial charge is 0.282 e. The fourth-order valence-electron chi connectivity index (χ4n) is 4.39. The molecule has 6 aromatic rings. The van der Waals surface area contributed by atoms with E-state index in [1.807, 2.05) is 0 Å². The van der Waals surface area contributed by atoms with Crippen LogP contribution in [0.3, 0.4) is 0 Å². The number of furan rings is 1. The van der Waals surface area contributed by atoms with Crippen molar-refractivity contribution in [3.05, 3.63) is 122 Å². The van der Waals surface area contributed by atoms with Gasteiger partial charge in [-0.2, -0.15) is 9.78 Å². The topological polar surface area (TPSA) is 78.9 Å². The molecular formula is C31H20Cl2FN3O4. The van der Waals surface area contributed by atoms with Crippen molar-refractivity contribution in [2.45, 2.75) is 6.61 Å². The number of halogens is 3. The van der Waals surface area contributed by atoms with Gasteiger partial charge in [-0.1, -0.05) is 53.5 Å². The molecule has 6 rings (SSSR count). The van der Waals surface area contributed by atoms with Crippen molar-refractivity contribution in [1.82, 2.24) is 9.66 Å². The fourth-order valence-corrected chi connectivity index (χ4v) is 4.79. The standard InChI is InChI=1S/C31H20Cl2FN3O4/c1-39-27-15-22(33)13-20(29(27)40-17-18-6-2-4-8-24(18)34)16-35-37-30(36-25-9-5-3-7-23(25)31(37)38)28-14-19-12-21(32)10-11-26(19)41-28/h2-16H,17H2,1H3. The van der Waals surface area contributed by atoms with Gasteiger partial charge in [0, 0.05) is 32.6 Å². The molecule has 204 valence electrons. The first kappa shape index (κ1) is 26.6. The number of hydrogen-bond donors (Lipinski definition) is 0. The van der Waals surface area contributed by atoms with Crippen LogP contribution in [0.2, 0.25) is 10.0 Å². The van der Waals surface area contributed by atoms with Crippen LogP contribution in [0.4, 0.5) is 4.39 Å². The van der Waals surface area contributed by atoms with E-state index in [4.69, 9.17) is 42.1 Å². The molecule has 2 heterocycles. The molecule has 0 unspecified atom stereocenters. The Hall–Kier alpha value is -4.66. The summed E-state index contributed by atoms with van der Waals surface area (Å²) in [5.74, 6) is 0.683. The molecule has 4 aromatic carbocycles. The first-order chi connectivity index (χ1) is 19.9. The van der Waals surface area contributed by atoms with E-state index in [0.29, 0.717) is 49.2 Å². The second kappa shape index (κ2) is 11.1. The van der Waals surface area contributed by atoms with Gasteiger partial charge in [0.15, 0.2) is 17.3 Å². The van der Waals surface area contributed by atoms with Crippen LogP contribution < -0.4 is 15.0 Å². The van der Waals surface area contributed by atoms with Crippen LogP contribution in [0, 0.1) is 5.82 Å². The molecule has 0 atom stereocenters. The SMILES string of the molecule is COc1cc(Cl)cc(C=Nn2c(-c3cc4cc(Cl)ccc4o3)nc3ccccc3c2=O)c1OCc1ccccc1F. The summed E-state index contributed by atoms with van der Waals surface area (Å²) in [7, 11) is 1.46. The fraction of sp³-hybridized carbons (Fsp3) is 0.0645. The average molecular weight is 588 g/mol. The zero-order valence-electron chi connectivity index (χ0n) is 21.5. The average Bonchev–Trinajstić information content (AvgIpc) is 3.39. The van der Waals surface area contributed by atoms with Gasteiger partial charge in [-0.25, -0.2) is 9.37 Å². The second-order valence-electron chi connectivity index (χ2n) is 9.01. The highest BCUT2D eigenvalue weighted by Gasteiger charge is 2.18. The molecule has 0 aliphatic rings. The highest BCUT2D eigenvalue weighted by Crippen LogP contribution is 2.35. The third-order valence-corrected chi connectivity index (χ3v) is 6.82. The summed E-state index contributed by atoms with van der Waals surface area (Å²) in [4.78, 5) is 18.4. The predicted molar refractivity (Wildman–Crippen MR) is 158 cm³/mol. The van der Waals surface area contributed by atoms with E-state index in [-0.39, 0.29) is 18.2 Å². The molecule has 0 saturated heterocycles. The number of aromatic nitrogens is 2. The molecule has 7 nitrogen and oxygen atoms in total. The molecule has 0 spiro atoms. The van der Waals surface area contributed by atoms with E-state index in [9.17, 15) is 9.18 Å². The molecule has 0 bridgehead atoms. The Labute approximate surface area is 243 Å². The lowest BCUT2D eigenvalue weighted by Gasteiger charge is -2.14.